The van der Waals surface area contributed by atoms with Crippen LogP contribution in [-0.2, 0) is 6.42 Å². The number of hydrogen-bond donors (Lipinski definition) is 1. The van der Waals surface area contributed by atoms with Crippen molar-refractivity contribution in [3.05, 3.63) is 57.0 Å². The van der Waals surface area contributed by atoms with E-state index in [0.717, 1.165) is 24.1 Å². The molecule has 2 aliphatic rings. The fraction of sp³-hybridized carbons (Fsp3) is 0.286. The minimum absolute atomic E-state index is 0.0433. The summed E-state index contributed by atoms with van der Waals surface area (Å²) in [5.41, 5.74) is 3.59. The number of nitro benzene ring substituents is 1. The maximum Gasteiger partial charge on any atom is 0.270 e. The summed E-state index contributed by atoms with van der Waals surface area (Å²) >= 11 is 1.45. The number of anilines is 1. The number of non-ortho nitro benzene ring substituents is 1. The monoisotopic (exact) mass is 440 g/mol. The summed E-state index contributed by atoms with van der Waals surface area (Å²) in [6.07, 6.45) is 0.700. The molecule has 1 N–H and O–H groups in total. The lowest BCUT2D eigenvalue weighted by Gasteiger charge is -2.36. The van der Waals surface area contributed by atoms with Crippen LogP contribution in [0.25, 0.3) is 11.3 Å². The van der Waals surface area contributed by atoms with Gasteiger partial charge in [0, 0.05) is 35.2 Å². The number of ether oxygens (including phenoxy) is 3. The third-order valence-electron chi connectivity index (χ3n) is 5.51. The molecule has 0 amide bonds. The van der Waals surface area contributed by atoms with E-state index < -0.39 is 4.92 Å². The molecule has 0 bridgehead atoms. The molecule has 3 aromatic rings. The van der Waals surface area contributed by atoms with Gasteiger partial charge in [-0.25, -0.2) is 4.98 Å². The van der Waals surface area contributed by atoms with Crippen molar-refractivity contribution in [1.29, 1.82) is 0 Å². The SMILES string of the molecule is COc1c2c(cc3c1C(Nc1nc(-c4cccc([N+](=O)[O-])c4)cs1)N(C)CC3)OCO2. The van der Waals surface area contributed by atoms with Crippen LogP contribution >= 0.6 is 11.3 Å². The first-order valence-corrected chi connectivity index (χ1v) is 10.6. The molecular weight excluding hydrogens is 420 g/mol. The van der Waals surface area contributed by atoms with E-state index >= 15 is 0 Å². The Labute approximate surface area is 182 Å². The van der Waals surface area contributed by atoms with E-state index in [1.807, 2.05) is 24.6 Å². The highest BCUT2D eigenvalue weighted by atomic mass is 32.1. The van der Waals surface area contributed by atoms with Gasteiger partial charge in [-0.3, -0.25) is 15.0 Å². The lowest BCUT2D eigenvalue weighted by atomic mass is 9.95. The predicted molar refractivity (Wildman–Crippen MR) is 116 cm³/mol. The Morgan fingerprint density at radius 2 is 2.23 bits per heavy atom. The molecule has 3 heterocycles. The van der Waals surface area contributed by atoms with Crippen molar-refractivity contribution in [2.45, 2.75) is 12.6 Å². The van der Waals surface area contributed by atoms with Gasteiger partial charge in [0.25, 0.3) is 5.69 Å². The molecule has 1 atom stereocenters. The van der Waals surface area contributed by atoms with Crippen LogP contribution in [0, 0.1) is 10.1 Å². The number of rotatable bonds is 5. The molecule has 1 unspecified atom stereocenters. The van der Waals surface area contributed by atoms with Crippen molar-refractivity contribution in [1.82, 2.24) is 9.88 Å². The van der Waals surface area contributed by atoms with Crippen LogP contribution in [0.3, 0.4) is 0 Å². The Morgan fingerprint density at radius 3 is 3.03 bits per heavy atom. The Morgan fingerprint density at radius 1 is 1.35 bits per heavy atom. The maximum absolute atomic E-state index is 11.1. The third kappa shape index (κ3) is 3.43. The number of fused-ring (bicyclic) bond motifs is 2. The van der Waals surface area contributed by atoms with Crippen molar-refractivity contribution < 1.29 is 19.1 Å². The van der Waals surface area contributed by atoms with Crippen LogP contribution in [0.1, 0.15) is 17.3 Å². The van der Waals surface area contributed by atoms with E-state index in [1.54, 1.807) is 13.2 Å². The summed E-state index contributed by atoms with van der Waals surface area (Å²) < 4.78 is 17.0. The van der Waals surface area contributed by atoms with Gasteiger partial charge in [-0.05, 0) is 25.1 Å². The number of nitro groups is 1. The Hall–Kier alpha value is -3.37. The van der Waals surface area contributed by atoms with Gasteiger partial charge in [0.15, 0.2) is 16.6 Å². The molecule has 0 aliphatic carbocycles. The summed E-state index contributed by atoms with van der Waals surface area (Å²) in [6.45, 7) is 1.04. The lowest BCUT2D eigenvalue weighted by molar-refractivity contribution is -0.384. The molecule has 2 aromatic carbocycles. The molecule has 160 valence electrons. The second-order valence-corrected chi connectivity index (χ2v) is 8.20. The maximum atomic E-state index is 11.1. The molecule has 0 fully saturated rings. The number of nitrogens with one attached hydrogen (secondary N) is 1. The highest BCUT2D eigenvalue weighted by molar-refractivity contribution is 7.14. The number of aromatic nitrogens is 1. The van der Waals surface area contributed by atoms with E-state index in [1.165, 1.54) is 23.5 Å². The molecule has 0 radical (unpaired) electrons. The zero-order chi connectivity index (χ0) is 21.5. The molecule has 2 aliphatic heterocycles. The number of thiazole rings is 1. The minimum atomic E-state index is -0.403. The molecule has 1 aromatic heterocycles. The smallest absolute Gasteiger partial charge is 0.270 e. The van der Waals surface area contributed by atoms with Gasteiger partial charge in [0.2, 0.25) is 12.5 Å². The molecule has 5 rings (SSSR count). The first kappa shape index (κ1) is 19.6. The van der Waals surface area contributed by atoms with Crippen LogP contribution in [0.4, 0.5) is 10.8 Å². The van der Waals surface area contributed by atoms with E-state index in [9.17, 15) is 10.1 Å². The van der Waals surface area contributed by atoms with Gasteiger partial charge < -0.3 is 19.5 Å². The Bertz CT molecular complexity index is 1160. The average Bonchev–Trinajstić information content (AvgIpc) is 3.44. The van der Waals surface area contributed by atoms with Gasteiger partial charge in [-0.2, -0.15) is 0 Å². The second kappa shape index (κ2) is 7.71. The van der Waals surface area contributed by atoms with Gasteiger partial charge in [0.1, 0.15) is 6.17 Å². The van der Waals surface area contributed by atoms with E-state index in [0.29, 0.717) is 33.6 Å². The molecule has 0 saturated carbocycles. The third-order valence-corrected chi connectivity index (χ3v) is 6.29. The molecule has 31 heavy (non-hydrogen) atoms. The van der Waals surface area contributed by atoms with Crippen LogP contribution in [0.15, 0.2) is 35.7 Å². The van der Waals surface area contributed by atoms with E-state index in [4.69, 9.17) is 14.2 Å². The highest BCUT2D eigenvalue weighted by Gasteiger charge is 2.34. The summed E-state index contributed by atoms with van der Waals surface area (Å²) in [4.78, 5) is 17.5. The van der Waals surface area contributed by atoms with Gasteiger partial charge in [-0.1, -0.05) is 12.1 Å². The number of methoxy groups -OCH3 is 1. The topological polar surface area (TPSA) is 99.0 Å². The standard InChI is InChI=1S/C21H20N4O5S/c1-24-7-6-13-9-16-18(30-11-29-16)19(28-2)17(13)20(24)23-21-22-15(10-31-21)12-4-3-5-14(8-12)25(26)27/h3-5,8-10,20H,6-7,11H2,1-2H3,(H,22,23). The zero-order valence-electron chi connectivity index (χ0n) is 17.0. The fourth-order valence-electron chi connectivity index (χ4n) is 3.98. The minimum Gasteiger partial charge on any atom is -0.492 e. The summed E-state index contributed by atoms with van der Waals surface area (Å²) in [5.74, 6) is 2.00. The van der Waals surface area contributed by atoms with Crippen molar-refractivity contribution in [3.8, 4) is 28.5 Å². The van der Waals surface area contributed by atoms with Crippen molar-refractivity contribution in [2.75, 3.05) is 32.8 Å². The zero-order valence-corrected chi connectivity index (χ0v) is 17.8. The van der Waals surface area contributed by atoms with Crippen LogP contribution < -0.4 is 19.5 Å². The lowest BCUT2D eigenvalue weighted by Crippen LogP contribution is -2.37. The molecule has 0 saturated heterocycles. The highest BCUT2D eigenvalue weighted by Crippen LogP contribution is 2.49. The van der Waals surface area contributed by atoms with Gasteiger partial charge in [-0.15, -0.1) is 11.3 Å². The predicted octanol–water partition coefficient (Wildman–Crippen LogP) is 4.05. The van der Waals surface area contributed by atoms with Crippen LogP contribution in [-0.4, -0.2) is 42.3 Å². The first-order chi connectivity index (χ1) is 15.0. The summed E-state index contributed by atoms with van der Waals surface area (Å²) in [6, 6.07) is 8.51. The van der Waals surface area contributed by atoms with Crippen molar-refractivity contribution in [2.24, 2.45) is 0 Å². The first-order valence-electron chi connectivity index (χ1n) is 9.71. The molecule has 9 nitrogen and oxygen atoms in total. The second-order valence-electron chi connectivity index (χ2n) is 7.34. The van der Waals surface area contributed by atoms with Crippen molar-refractivity contribution >= 4 is 22.2 Å². The largest absolute Gasteiger partial charge is 0.492 e. The van der Waals surface area contributed by atoms with Crippen LogP contribution in [0.2, 0.25) is 0 Å². The number of nitrogens with zero attached hydrogens (tertiary/aromatic N) is 3. The van der Waals surface area contributed by atoms with Gasteiger partial charge in [0.05, 0.1) is 17.7 Å². The number of hydrogen-bond acceptors (Lipinski definition) is 9. The molecule has 0 spiro atoms. The molecule has 10 heteroatoms. The molecular formula is C21H20N4O5S. The van der Waals surface area contributed by atoms with E-state index in [-0.39, 0.29) is 18.6 Å². The fourth-order valence-corrected chi connectivity index (χ4v) is 4.73. The van der Waals surface area contributed by atoms with Gasteiger partial charge >= 0.3 is 0 Å². The number of likely N-dealkylation sites (N-methyl/N-ethyl adjacent to an activating group) is 1. The average molecular weight is 440 g/mol. The Balaban J connectivity index is 1.48. The Kier molecular flexibility index (Phi) is 4.87. The quantitative estimate of drug-likeness (QED) is 0.469. The summed E-state index contributed by atoms with van der Waals surface area (Å²) in [7, 11) is 3.67. The van der Waals surface area contributed by atoms with Crippen LogP contribution in [0.5, 0.6) is 17.2 Å². The van der Waals surface area contributed by atoms with Crippen molar-refractivity contribution in [3.63, 3.8) is 0 Å². The summed E-state index contributed by atoms with van der Waals surface area (Å²) in [5, 5.41) is 17.2. The normalized spacial score (nSPS) is 17.3. The van der Waals surface area contributed by atoms with E-state index in [2.05, 4.69) is 15.2 Å². The number of benzene rings is 2.